The van der Waals surface area contributed by atoms with E-state index in [9.17, 15) is 4.79 Å². The van der Waals surface area contributed by atoms with Crippen LogP contribution in [-0.2, 0) is 6.54 Å². The Kier molecular flexibility index (Phi) is 7.48. The third kappa shape index (κ3) is 5.61. The number of nitrogens with one attached hydrogen (secondary N) is 2. The van der Waals surface area contributed by atoms with Gasteiger partial charge in [0.2, 0.25) is 0 Å². The highest BCUT2D eigenvalue weighted by atomic mass is 16.5. The van der Waals surface area contributed by atoms with E-state index in [1.54, 1.807) is 7.11 Å². The first-order valence-corrected chi connectivity index (χ1v) is 8.86. The monoisotopic (exact) mass is 340 g/mol. The lowest BCUT2D eigenvalue weighted by Crippen LogP contribution is -2.25. The van der Waals surface area contributed by atoms with Gasteiger partial charge in [-0.1, -0.05) is 50.2 Å². The molecule has 0 spiro atoms. The fourth-order valence-electron chi connectivity index (χ4n) is 2.71. The van der Waals surface area contributed by atoms with Crippen molar-refractivity contribution in [3.05, 3.63) is 65.2 Å². The van der Waals surface area contributed by atoms with Crippen molar-refractivity contribution in [1.82, 2.24) is 10.6 Å². The molecular formula is C21H28N2O2. The number of rotatable bonds is 9. The number of hydrogen-bond donors (Lipinski definition) is 2. The van der Waals surface area contributed by atoms with Crippen molar-refractivity contribution in [3.8, 4) is 5.75 Å². The molecule has 0 aliphatic heterocycles. The van der Waals surface area contributed by atoms with Gasteiger partial charge in [0.1, 0.15) is 5.75 Å². The van der Waals surface area contributed by atoms with Crippen molar-refractivity contribution >= 4 is 5.91 Å². The molecule has 0 aromatic heterocycles. The first kappa shape index (κ1) is 19.0. The number of carbonyl (C=O) groups excluding carboxylic acids is 1. The molecule has 0 saturated heterocycles. The molecule has 0 saturated carbocycles. The molecule has 0 bridgehead atoms. The van der Waals surface area contributed by atoms with Crippen molar-refractivity contribution in [2.24, 2.45) is 0 Å². The van der Waals surface area contributed by atoms with Gasteiger partial charge in [-0.25, -0.2) is 0 Å². The van der Waals surface area contributed by atoms with Gasteiger partial charge in [0.05, 0.1) is 12.7 Å². The van der Waals surface area contributed by atoms with E-state index >= 15 is 0 Å². The van der Waals surface area contributed by atoms with Crippen LogP contribution in [0.15, 0.2) is 48.5 Å². The first-order valence-electron chi connectivity index (χ1n) is 8.86. The van der Waals surface area contributed by atoms with Gasteiger partial charge in [-0.15, -0.1) is 0 Å². The number of hydrogen-bond acceptors (Lipinski definition) is 3. The SMILES string of the molecule is CCCNC(=O)c1cc(CNC[C@H](C)c2ccccc2)ccc1OC. The molecule has 2 rings (SSSR count). The van der Waals surface area contributed by atoms with E-state index in [4.69, 9.17) is 4.74 Å². The third-order valence-corrected chi connectivity index (χ3v) is 4.19. The van der Waals surface area contributed by atoms with E-state index in [0.29, 0.717) is 23.8 Å². The Balaban J connectivity index is 1.96. The lowest BCUT2D eigenvalue weighted by molar-refractivity contribution is 0.0950. The van der Waals surface area contributed by atoms with E-state index in [0.717, 1.165) is 25.1 Å². The van der Waals surface area contributed by atoms with Crippen molar-refractivity contribution in [3.63, 3.8) is 0 Å². The maximum atomic E-state index is 12.3. The average Bonchev–Trinajstić information content (AvgIpc) is 2.66. The zero-order valence-electron chi connectivity index (χ0n) is 15.3. The highest BCUT2D eigenvalue weighted by Crippen LogP contribution is 2.20. The van der Waals surface area contributed by atoms with Gasteiger partial charge in [-0.05, 0) is 35.6 Å². The summed E-state index contributed by atoms with van der Waals surface area (Å²) in [4.78, 5) is 12.3. The van der Waals surface area contributed by atoms with Crippen LogP contribution in [0.4, 0.5) is 0 Å². The summed E-state index contributed by atoms with van der Waals surface area (Å²) in [6.45, 7) is 6.51. The van der Waals surface area contributed by atoms with Crippen LogP contribution in [0.3, 0.4) is 0 Å². The third-order valence-electron chi connectivity index (χ3n) is 4.19. The summed E-state index contributed by atoms with van der Waals surface area (Å²) in [5.74, 6) is 0.958. The predicted octanol–water partition coefficient (Wildman–Crippen LogP) is 3.73. The Morgan fingerprint density at radius 1 is 1.16 bits per heavy atom. The summed E-state index contributed by atoms with van der Waals surface area (Å²) in [5.41, 5.74) is 2.98. The van der Waals surface area contributed by atoms with Crippen molar-refractivity contribution in [2.75, 3.05) is 20.2 Å². The summed E-state index contributed by atoms with van der Waals surface area (Å²) in [7, 11) is 1.59. The molecule has 0 heterocycles. The molecule has 0 fully saturated rings. The molecular weight excluding hydrogens is 312 g/mol. The standard InChI is InChI=1S/C21H28N2O2/c1-4-12-23-21(24)19-13-17(10-11-20(19)25-3)15-22-14-16(2)18-8-6-5-7-9-18/h5-11,13,16,22H,4,12,14-15H2,1-3H3,(H,23,24)/t16-/m0/s1. The zero-order valence-corrected chi connectivity index (χ0v) is 15.3. The molecule has 0 aliphatic rings. The molecule has 2 N–H and O–H groups in total. The normalized spacial score (nSPS) is 11.8. The van der Waals surface area contributed by atoms with Crippen LogP contribution in [0.1, 0.15) is 47.7 Å². The lowest BCUT2D eigenvalue weighted by Gasteiger charge is -2.14. The minimum Gasteiger partial charge on any atom is -0.496 e. The van der Waals surface area contributed by atoms with Gasteiger partial charge >= 0.3 is 0 Å². The minimum atomic E-state index is -0.0850. The molecule has 4 heteroatoms. The van der Waals surface area contributed by atoms with Crippen LogP contribution in [0, 0.1) is 0 Å². The van der Waals surface area contributed by atoms with Gasteiger partial charge in [0.25, 0.3) is 5.91 Å². The number of carbonyl (C=O) groups is 1. The largest absolute Gasteiger partial charge is 0.496 e. The van der Waals surface area contributed by atoms with Crippen molar-refractivity contribution < 1.29 is 9.53 Å². The second kappa shape index (κ2) is 9.84. The van der Waals surface area contributed by atoms with Crippen molar-refractivity contribution in [2.45, 2.75) is 32.7 Å². The second-order valence-corrected chi connectivity index (χ2v) is 6.23. The summed E-state index contributed by atoms with van der Waals surface area (Å²) >= 11 is 0. The van der Waals surface area contributed by atoms with E-state index in [-0.39, 0.29) is 5.91 Å². The van der Waals surface area contributed by atoms with Gasteiger partial charge in [0.15, 0.2) is 0 Å². The Hall–Kier alpha value is -2.33. The van der Waals surface area contributed by atoms with Gasteiger partial charge < -0.3 is 15.4 Å². The number of methoxy groups -OCH3 is 1. The molecule has 1 amide bonds. The molecule has 2 aromatic carbocycles. The molecule has 2 aromatic rings. The highest BCUT2D eigenvalue weighted by molar-refractivity contribution is 5.97. The molecule has 0 radical (unpaired) electrons. The quantitative estimate of drug-likeness (QED) is 0.731. The fourth-order valence-corrected chi connectivity index (χ4v) is 2.71. The summed E-state index contributed by atoms with van der Waals surface area (Å²) < 4.78 is 5.32. The predicted molar refractivity (Wildman–Crippen MR) is 102 cm³/mol. The number of benzene rings is 2. The Morgan fingerprint density at radius 2 is 1.92 bits per heavy atom. The van der Waals surface area contributed by atoms with Crippen LogP contribution in [0.25, 0.3) is 0 Å². The second-order valence-electron chi connectivity index (χ2n) is 6.23. The highest BCUT2D eigenvalue weighted by Gasteiger charge is 2.13. The summed E-state index contributed by atoms with van der Waals surface area (Å²) in [5, 5.41) is 6.38. The summed E-state index contributed by atoms with van der Waals surface area (Å²) in [6.07, 6.45) is 0.909. The van der Waals surface area contributed by atoms with Crippen molar-refractivity contribution in [1.29, 1.82) is 0 Å². The Labute approximate surface area is 150 Å². The van der Waals surface area contributed by atoms with Crippen LogP contribution in [0.2, 0.25) is 0 Å². The van der Waals surface area contributed by atoms with Crippen LogP contribution in [-0.4, -0.2) is 26.1 Å². The van der Waals surface area contributed by atoms with E-state index in [2.05, 4.69) is 41.8 Å². The molecule has 4 nitrogen and oxygen atoms in total. The van der Waals surface area contributed by atoms with Crippen LogP contribution in [0.5, 0.6) is 5.75 Å². The van der Waals surface area contributed by atoms with Gasteiger partial charge in [-0.3, -0.25) is 4.79 Å². The Bertz CT molecular complexity index is 671. The average molecular weight is 340 g/mol. The van der Waals surface area contributed by atoms with E-state index in [1.807, 2.05) is 31.2 Å². The summed E-state index contributed by atoms with van der Waals surface area (Å²) in [6, 6.07) is 16.2. The number of ether oxygens (including phenoxy) is 1. The van der Waals surface area contributed by atoms with Gasteiger partial charge in [0, 0.05) is 19.6 Å². The van der Waals surface area contributed by atoms with Crippen LogP contribution < -0.4 is 15.4 Å². The molecule has 25 heavy (non-hydrogen) atoms. The van der Waals surface area contributed by atoms with E-state index < -0.39 is 0 Å². The van der Waals surface area contributed by atoms with E-state index in [1.165, 1.54) is 5.56 Å². The topological polar surface area (TPSA) is 50.4 Å². The molecule has 134 valence electrons. The Morgan fingerprint density at radius 3 is 2.60 bits per heavy atom. The maximum absolute atomic E-state index is 12.3. The zero-order chi connectivity index (χ0) is 18.1. The lowest BCUT2D eigenvalue weighted by atomic mass is 10.0. The molecule has 0 aliphatic carbocycles. The minimum absolute atomic E-state index is 0.0850. The number of amides is 1. The van der Waals surface area contributed by atoms with Crippen LogP contribution >= 0.6 is 0 Å². The fraction of sp³-hybridized carbons (Fsp3) is 0.381. The first-order chi connectivity index (χ1) is 12.2. The molecule has 0 unspecified atom stereocenters. The van der Waals surface area contributed by atoms with Gasteiger partial charge in [-0.2, -0.15) is 0 Å². The maximum Gasteiger partial charge on any atom is 0.255 e. The molecule has 1 atom stereocenters. The smallest absolute Gasteiger partial charge is 0.255 e.